The van der Waals surface area contributed by atoms with Gasteiger partial charge in [0.1, 0.15) is 0 Å². The van der Waals surface area contributed by atoms with Crippen LogP contribution in [-0.2, 0) is 0 Å². The van der Waals surface area contributed by atoms with Crippen molar-refractivity contribution in [1.82, 2.24) is 20.0 Å². The number of nitrogens with one attached hydrogen (secondary N) is 3. The number of aryl methyl sites for hydroxylation is 1. The molecule has 4 rings (SSSR count). The minimum Gasteiger partial charge on any atom is -0.465 e. The third kappa shape index (κ3) is 3.70. The zero-order valence-electron chi connectivity index (χ0n) is 15.0. The van der Waals surface area contributed by atoms with E-state index in [0.717, 1.165) is 28.2 Å². The van der Waals surface area contributed by atoms with Gasteiger partial charge in [-0.1, -0.05) is 12.1 Å². The molecule has 0 saturated carbocycles. The molecule has 4 N–H and O–H groups in total. The first-order chi connectivity index (χ1) is 13.6. The summed E-state index contributed by atoms with van der Waals surface area (Å²) in [6, 6.07) is 17.1. The van der Waals surface area contributed by atoms with Gasteiger partial charge in [-0.3, -0.25) is 10.4 Å². The van der Waals surface area contributed by atoms with E-state index in [4.69, 9.17) is 5.11 Å². The summed E-state index contributed by atoms with van der Waals surface area (Å²) in [5, 5.41) is 25.9. The summed E-state index contributed by atoms with van der Waals surface area (Å²) in [5.41, 5.74) is 5.15. The Morgan fingerprint density at radius 2 is 1.96 bits per heavy atom. The topological polar surface area (TPSA) is 108 Å². The number of aromatic amines is 1. The molecule has 140 valence electrons. The predicted molar refractivity (Wildman–Crippen MR) is 107 cm³/mol. The van der Waals surface area contributed by atoms with Crippen molar-refractivity contribution in [3.63, 3.8) is 0 Å². The largest absolute Gasteiger partial charge is 0.465 e. The third-order valence-corrected chi connectivity index (χ3v) is 4.27. The summed E-state index contributed by atoms with van der Waals surface area (Å²) in [4.78, 5) is 10.7. The van der Waals surface area contributed by atoms with Gasteiger partial charge in [0.05, 0.1) is 11.4 Å². The zero-order chi connectivity index (χ0) is 19.5. The highest BCUT2D eigenvalue weighted by Crippen LogP contribution is 2.26. The van der Waals surface area contributed by atoms with E-state index in [0.29, 0.717) is 11.5 Å². The Kier molecular flexibility index (Phi) is 4.51. The zero-order valence-corrected chi connectivity index (χ0v) is 15.0. The lowest BCUT2D eigenvalue weighted by Gasteiger charge is -2.09. The van der Waals surface area contributed by atoms with Crippen molar-refractivity contribution in [3.8, 4) is 16.9 Å². The Morgan fingerprint density at radius 1 is 1.14 bits per heavy atom. The molecule has 8 heteroatoms. The van der Waals surface area contributed by atoms with Gasteiger partial charge < -0.3 is 10.4 Å². The molecular weight excluding hydrogens is 356 g/mol. The van der Waals surface area contributed by atoms with Crippen molar-refractivity contribution in [2.24, 2.45) is 0 Å². The van der Waals surface area contributed by atoms with Crippen molar-refractivity contribution in [3.05, 3.63) is 72.6 Å². The molecule has 0 unspecified atom stereocenters. The highest BCUT2D eigenvalue weighted by atomic mass is 16.4. The molecule has 0 atom stereocenters. The highest BCUT2D eigenvalue weighted by molar-refractivity contribution is 5.83. The number of benzene rings is 2. The molecule has 0 fully saturated rings. The molecular formula is C20H18N6O2. The smallest absolute Gasteiger partial charge is 0.409 e. The van der Waals surface area contributed by atoms with Crippen LogP contribution in [0.1, 0.15) is 5.56 Å². The average molecular weight is 374 g/mol. The molecule has 0 radical (unpaired) electrons. The molecule has 0 spiro atoms. The number of H-pyrrole nitrogens is 1. The monoisotopic (exact) mass is 374 g/mol. The maximum absolute atomic E-state index is 10.7. The van der Waals surface area contributed by atoms with Crippen LogP contribution < -0.4 is 10.6 Å². The molecule has 0 saturated heterocycles. The number of aromatic nitrogens is 4. The highest BCUT2D eigenvalue weighted by Gasteiger charge is 2.07. The Labute approximate surface area is 160 Å². The lowest BCUT2D eigenvalue weighted by Crippen LogP contribution is -2.07. The van der Waals surface area contributed by atoms with E-state index in [9.17, 15) is 4.79 Å². The third-order valence-electron chi connectivity index (χ3n) is 4.27. The SMILES string of the molecule is Cc1cc(NC(=O)O)ccc1Nc1cc(-c2ccc(-n3cccn3)cc2)[nH]n1. The van der Waals surface area contributed by atoms with Gasteiger partial charge in [-0.25, -0.2) is 9.48 Å². The summed E-state index contributed by atoms with van der Waals surface area (Å²) in [7, 11) is 0. The summed E-state index contributed by atoms with van der Waals surface area (Å²) < 4.78 is 1.80. The first kappa shape index (κ1) is 17.3. The van der Waals surface area contributed by atoms with Gasteiger partial charge >= 0.3 is 6.09 Å². The van der Waals surface area contributed by atoms with E-state index >= 15 is 0 Å². The van der Waals surface area contributed by atoms with E-state index in [1.54, 1.807) is 23.0 Å². The average Bonchev–Trinajstić information content (AvgIpc) is 3.36. The van der Waals surface area contributed by atoms with E-state index < -0.39 is 6.09 Å². The Bertz CT molecular complexity index is 1100. The predicted octanol–water partition coefficient (Wildman–Crippen LogP) is 4.40. The fourth-order valence-corrected chi connectivity index (χ4v) is 2.89. The number of hydrogen-bond donors (Lipinski definition) is 4. The Morgan fingerprint density at radius 3 is 2.64 bits per heavy atom. The van der Waals surface area contributed by atoms with Gasteiger partial charge in [0.15, 0.2) is 5.82 Å². The second kappa shape index (κ2) is 7.28. The first-order valence-corrected chi connectivity index (χ1v) is 8.62. The van der Waals surface area contributed by atoms with Crippen LogP contribution in [0.2, 0.25) is 0 Å². The molecule has 0 bridgehead atoms. The molecule has 0 aliphatic rings. The van der Waals surface area contributed by atoms with Crippen LogP contribution in [-0.4, -0.2) is 31.2 Å². The Balaban J connectivity index is 1.49. The Hall–Kier alpha value is -4.07. The van der Waals surface area contributed by atoms with Crippen LogP contribution >= 0.6 is 0 Å². The second-order valence-corrected chi connectivity index (χ2v) is 6.25. The lowest BCUT2D eigenvalue weighted by atomic mass is 10.1. The van der Waals surface area contributed by atoms with Crippen LogP contribution in [0.15, 0.2) is 67.0 Å². The number of carbonyl (C=O) groups is 1. The van der Waals surface area contributed by atoms with Crippen LogP contribution in [0.4, 0.5) is 22.0 Å². The summed E-state index contributed by atoms with van der Waals surface area (Å²) in [5.74, 6) is 0.674. The van der Waals surface area contributed by atoms with Gasteiger partial charge in [-0.15, -0.1) is 0 Å². The summed E-state index contributed by atoms with van der Waals surface area (Å²) in [6.45, 7) is 1.90. The minimum atomic E-state index is -1.09. The summed E-state index contributed by atoms with van der Waals surface area (Å²) >= 11 is 0. The molecule has 4 aromatic rings. The first-order valence-electron chi connectivity index (χ1n) is 8.62. The second-order valence-electron chi connectivity index (χ2n) is 6.25. The fourth-order valence-electron chi connectivity index (χ4n) is 2.89. The lowest BCUT2D eigenvalue weighted by molar-refractivity contribution is 0.210. The molecule has 28 heavy (non-hydrogen) atoms. The van der Waals surface area contributed by atoms with E-state index in [1.165, 1.54) is 0 Å². The van der Waals surface area contributed by atoms with Crippen molar-refractivity contribution in [1.29, 1.82) is 0 Å². The molecule has 2 aromatic heterocycles. The van der Waals surface area contributed by atoms with Crippen LogP contribution in [0.3, 0.4) is 0 Å². The number of carboxylic acid groups (broad SMARTS) is 1. The number of hydrogen-bond acceptors (Lipinski definition) is 4. The van der Waals surface area contributed by atoms with E-state index in [1.807, 2.05) is 55.6 Å². The standard InChI is InChI=1S/C20H18N6O2/c1-13-11-15(22-20(27)28)5-8-17(13)23-19-12-18(24-25-19)14-3-6-16(7-4-14)26-10-2-9-21-26/h2-12,22H,1H3,(H,27,28)(H2,23,24,25). The minimum absolute atomic E-state index is 0.524. The molecule has 2 heterocycles. The maximum Gasteiger partial charge on any atom is 0.409 e. The molecule has 0 aliphatic carbocycles. The van der Waals surface area contributed by atoms with Crippen molar-refractivity contribution in [2.45, 2.75) is 6.92 Å². The van der Waals surface area contributed by atoms with Gasteiger partial charge in [0.2, 0.25) is 0 Å². The van der Waals surface area contributed by atoms with Crippen molar-refractivity contribution >= 4 is 23.3 Å². The maximum atomic E-state index is 10.7. The number of rotatable bonds is 5. The van der Waals surface area contributed by atoms with Crippen molar-refractivity contribution in [2.75, 3.05) is 10.6 Å². The number of amides is 1. The summed E-state index contributed by atoms with van der Waals surface area (Å²) in [6.07, 6.45) is 2.55. The normalized spacial score (nSPS) is 10.6. The van der Waals surface area contributed by atoms with E-state index in [-0.39, 0.29) is 0 Å². The fraction of sp³-hybridized carbons (Fsp3) is 0.0500. The van der Waals surface area contributed by atoms with Crippen LogP contribution in [0, 0.1) is 6.92 Å². The molecule has 8 nitrogen and oxygen atoms in total. The van der Waals surface area contributed by atoms with Gasteiger partial charge in [0, 0.05) is 29.8 Å². The van der Waals surface area contributed by atoms with Gasteiger partial charge in [-0.05, 0) is 54.4 Å². The molecule has 2 aromatic carbocycles. The van der Waals surface area contributed by atoms with Crippen LogP contribution in [0.25, 0.3) is 16.9 Å². The van der Waals surface area contributed by atoms with Gasteiger partial charge in [0.25, 0.3) is 0 Å². The number of anilines is 3. The van der Waals surface area contributed by atoms with Gasteiger partial charge in [-0.2, -0.15) is 10.2 Å². The van der Waals surface area contributed by atoms with Crippen LogP contribution in [0.5, 0.6) is 0 Å². The number of nitrogens with zero attached hydrogens (tertiary/aromatic N) is 3. The van der Waals surface area contributed by atoms with E-state index in [2.05, 4.69) is 25.9 Å². The molecule has 0 aliphatic heterocycles. The van der Waals surface area contributed by atoms with Crippen molar-refractivity contribution < 1.29 is 9.90 Å². The molecule has 1 amide bonds. The quantitative estimate of drug-likeness (QED) is 0.414.